The number of ether oxygens (including phenoxy) is 5. The highest BCUT2D eigenvalue weighted by atomic mass is 16.6. The lowest BCUT2D eigenvalue weighted by Gasteiger charge is -2.63. The van der Waals surface area contributed by atoms with Crippen LogP contribution in [0.1, 0.15) is 68.8 Å². The molecule has 10 atom stereocenters. The highest BCUT2D eigenvalue weighted by molar-refractivity contribution is 5.96. The number of carbonyl (C=O) groups excluding carboxylic acids is 4. The van der Waals surface area contributed by atoms with E-state index in [4.69, 9.17) is 23.7 Å². The van der Waals surface area contributed by atoms with Gasteiger partial charge < -0.3 is 43.6 Å². The molecule has 1 saturated carbocycles. The number of H-pyrrole nitrogens is 1. The first-order valence-electron chi connectivity index (χ1n) is 21.3. The van der Waals surface area contributed by atoms with Gasteiger partial charge in [0.2, 0.25) is 5.60 Å². The molecule has 7 aliphatic rings. The Bertz CT molecular complexity index is 2400. The number of benzene rings is 2. The van der Waals surface area contributed by atoms with Crippen LogP contribution in [0.25, 0.3) is 10.9 Å². The Morgan fingerprint density at radius 1 is 1.00 bits per heavy atom. The molecule has 1 aliphatic carbocycles. The highest BCUT2D eigenvalue weighted by Gasteiger charge is 2.80. The van der Waals surface area contributed by atoms with Crippen molar-refractivity contribution in [2.24, 2.45) is 11.3 Å². The van der Waals surface area contributed by atoms with Crippen molar-refractivity contribution < 1.29 is 48.0 Å². The number of esters is 3. The van der Waals surface area contributed by atoms with Crippen LogP contribution in [-0.2, 0) is 55.4 Å². The second-order valence-electron chi connectivity index (χ2n) is 18.1. The van der Waals surface area contributed by atoms with Gasteiger partial charge in [-0.2, -0.15) is 0 Å². The van der Waals surface area contributed by atoms with E-state index in [0.717, 1.165) is 27.7 Å². The van der Waals surface area contributed by atoms with Crippen molar-refractivity contribution in [3.8, 4) is 5.75 Å². The van der Waals surface area contributed by atoms with Gasteiger partial charge in [-0.05, 0) is 61.9 Å². The lowest BCUT2D eigenvalue weighted by molar-refractivity contribution is -0.228. The number of aliphatic hydroxyl groups is 1. The number of amides is 1. The quantitative estimate of drug-likeness (QED) is 0.155. The summed E-state index contributed by atoms with van der Waals surface area (Å²) in [7, 11) is 6.09. The number of hydrogen-bond acceptors (Lipinski definition) is 12. The number of hydrogen-bond donors (Lipinski definition) is 2. The monoisotopic (exact) mass is 822 g/mol. The number of para-hydroxylation sites is 1. The van der Waals surface area contributed by atoms with Crippen LogP contribution in [0, 0.1) is 11.3 Å². The summed E-state index contributed by atoms with van der Waals surface area (Å²) in [6.45, 7) is 7.43. The normalized spacial score (nSPS) is 37.1. The molecule has 6 aliphatic heterocycles. The molecule has 3 aromatic rings. The molecule has 3 saturated heterocycles. The average molecular weight is 823 g/mol. The molecular weight excluding hydrogens is 769 g/mol. The second-order valence-corrected chi connectivity index (χ2v) is 18.1. The van der Waals surface area contributed by atoms with E-state index < -0.39 is 57.5 Å². The van der Waals surface area contributed by atoms with Crippen LogP contribution in [0.3, 0.4) is 0 Å². The summed E-state index contributed by atoms with van der Waals surface area (Å²) >= 11 is 0. The van der Waals surface area contributed by atoms with Gasteiger partial charge in [-0.25, -0.2) is 4.79 Å². The van der Waals surface area contributed by atoms with Gasteiger partial charge in [0, 0.05) is 90.3 Å². The third kappa shape index (κ3) is 4.54. The van der Waals surface area contributed by atoms with Gasteiger partial charge in [0.15, 0.2) is 11.7 Å². The summed E-state index contributed by atoms with van der Waals surface area (Å²) in [5.74, 6) is -1.81. The number of carbonyl (C=O) groups is 4. The van der Waals surface area contributed by atoms with E-state index >= 15 is 4.79 Å². The van der Waals surface area contributed by atoms with Crippen molar-refractivity contribution in [1.82, 2.24) is 14.8 Å². The van der Waals surface area contributed by atoms with E-state index in [0.29, 0.717) is 68.9 Å². The first-order valence-corrected chi connectivity index (χ1v) is 21.3. The third-order valence-corrected chi connectivity index (χ3v) is 16.0. The van der Waals surface area contributed by atoms with Crippen molar-refractivity contribution in [1.29, 1.82) is 0 Å². The second kappa shape index (κ2) is 13.0. The van der Waals surface area contributed by atoms with Crippen molar-refractivity contribution in [3.05, 3.63) is 70.9 Å². The zero-order valence-corrected chi connectivity index (χ0v) is 35.3. The van der Waals surface area contributed by atoms with Crippen LogP contribution >= 0.6 is 0 Å². The van der Waals surface area contributed by atoms with E-state index in [2.05, 4.69) is 16.0 Å². The van der Waals surface area contributed by atoms with Gasteiger partial charge in [0.1, 0.15) is 17.3 Å². The summed E-state index contributed by atoms with van der Waals surface area (Å²) in [6, 6.07) is 10.7. The maximum atomic E-state index is 15.4. The van der Waals surface area contributed by atoms with Crippen LogP contribution in [0.2, 0.25) is 0 Å². The molecule has 10 rings (SSSR count). The van der Waals surface area contributed by atoms with E-state index in [1.54, 1.807) is 7.11 Å². The predicted molar refractivity (Wildman–Crippen MR) is 219 cm³/mol. The molecule has 7 heterocycles. The molecule has 1 aromatic heterocycles. The zero-order valence-electron chi connectivity index (χ0n) is 35.3. The summed E-state index contributed by atoms with van der Waals surface area (Å²) in [6.07, 6.45) is 4.66. The van der Waals surface area contributed by atoms with E-state index in [1.165, 1.54) is 21.1 Å². The van der Waals surface area contributed by atoms with Crippen LogP contribution in [0.4, 0.5) is 5.69 Å². The maximum absolute atomic E-state index is 15.4. The van der Waals surface area contributed by atoms with Gasteiger partial charge in [-0.3, -0.25) is 19.3 Å². The fourth-order valence-corrected chi connectivity index (χ4v) is 13.7. The largest absolute Gasteiger partial charge is 0.496 e. The molecule has 2 bridgehead atoms. The van der Waals surface area contributed by atoms with Gasteiger partial charge in [-0.15, -0.1) is 0 Å². The molecule has 14 heteroatoms. The van der Waals surface area contributed by atoms with Gasteiger partial charge in [0.05, 0.1) is 27.4 Å². The number of methoxy groups -OCH3 is 3. The number of anilines is 1. The first-order chi connectivity index (χ1) is 28.8. The summed E-state index contributed by atoms with van der Waals surface area (Å²) in [5.41, 5.74) is -2.09. The van der Waals surface area contributed by atoms with Crippen molar-refractivity contribution in [2.45, 2.75) is 99.2 Å². The predicted octanol–water partition coefficient (Wildman–Crippen LogP) is 3.53. The molecule has 318 valence electrons. The minimum Gasteiger partial charge on any atom is -0.496 e. The number of epoxide rings is 1. The van der Waals surface area contributed by atoms with E-state index in [-0.39, 0.29) is 30.4 Å². The zero-order chi connectivity index (χ0) is 42.3. The number of fused-ring (bicyclic) bond motifs is 8. The smallest absolute Gasteiger partial charge is 0.344 e. The topological polar surface area (TPSA) is 163 Å². The summed E-state index contributed by atoms with van der Waals surface area (Å²) < 4.78 is 30.3. The molecule has 4 fully saturated rings. The van der Waals surface area contributed by atoms with Gasteiger partial charge in [0.25, 0.3) is 5.91 Å². The molecule has 5 unspecified atom stereocenters. The average Bonchev–Trinajstić information content (AvgIpc) is 3.59. The highest BCUT2D eigenvalue weighted by Crippen LogP contribution is 2.68. The Morgan fingerprint density at radius 3 is 2.47 bits per heavy atom. The molecule has 2 aromatic carbocycles. The van der Waals surface area contributed by atoms with Crippen LogP contribution in [0.15, 0.2) is 48.6 Å². The minimum atomic E-state index is -2.32. The van der Waals surface area contributed by atoms with Crippen LogP contribution in [0.5, 0.6) is 5.75 Å². The molecule has 0 radical (unpaired) electrons. The Labute approximate surface area is 349 Å². The Morgan fingerprint density at radius 2 is 1.77 bits per heavy atom. The first kappa shape index (κ1) is 39.2. The van der Waals surface area contributed by atoms with Crippen LogP contribution < -0.4 is 9.64 Å². The number of rotatable bonds is 7. The number of nitrogens with one attached hydrogen (secondary N) is 1. The van der Waals surface area contributed by atoms with Crippen molar-refractivity contribution in [2.75, 3.05) is 59.5 Å². The summed E-state index contributed by atoms with van der Waals surface area (Å²) in [5, 5.41) is 14.3. The maximum Gasteiger partial charge on any atom is 0.344 e. The third-order valence-electron chi connectivity index (χ3n) is 16.0. The number of likely N-dealkylation sites (N-methyl/N-ethyl adjacent to an activating group) is 1. The van der Waals surface area contributed by atoms with Crippen molar-refractivity contribution in [3.63, 3.8) is 0 Å². The number of aromatic nitrogens is 1. The lowest BCUT2D eigenvalue weighted by atomic mass is 9.47. The van der Waals surface area contributed by atoms with Crippen LogP contribution in [-0.4, -0.2) is 134 Å². The number of aromatic amines is 1. The fraction of sp³-hybridized carbons (Fsp3) is 0.565. The Kier molecular flexibility index (Phi) is 8.53. The van der Waals surface area contributed by atoms with E-state index in [9.17, 15) is 19.5 Å². The molecule has 1 amide bonds. The number of piperidine rings is 1. The molecule has 2 N–H and O–H groups in total. The fourth-order valence-electron chi connectivity index (χ4n) is 13.7. The van der Waals surface area contributed by atoms with Gasteiger partial charge >= 0.3 is 17.9 Å². The number of nitrogens with zero attached hydrogens (tertiary/aromatic N) is 3. The lowest BCUT2D eigenvalue weighted by Crippen LogP contribution is -2.81. The Hall–Kier alpha value is -4.92. The molecule has 60 heavy (non-hydrogen) atoms. The van der Waals surface area contributed by atoms with Crippen molar-refractivity contribution >= 4 is 40.4 Å². The SMILES string of the molecule is CC[C@@]12O[C@@H]1C1CN(CCc3c([nH]c4ccccc34)[C@@](C(=O)OC)(c3cc4c(cc3OC)N(C)C3C45CCN4CC=C[C@](CC)(C45)[C@@H](OC(C)=O)C3(O)C(=O)OC)C1)C2=O. The van der Waals surface area contributed by atoms with Gasteiger partial charge in [-0.1, -0.05) is 44.2 Å². The summed E-state index contributed by atoms with van der Waals surface area (Å²) in [4.78, 5) is 66.8. The molecular formula is C46H54N4O10. The van der Waals surface area contributed by atoms with E-state index in [1.807, 2.05) is 73.2 Å². The molecule has 1 spiro atoms. The molecule has 14 nitrogen and oxygen atoms in total. The minimum absolute atomic E-state index is 0.00401. The Balaban J connectivity index is 1.28. The standard InChI is InChI=1S/C46H54N4O10/c1-8-42-16-12-18-49-20-17-43(36(42)49)29-21-30(33(56-5)22-32(29)48(4)37(43)46(55,41(54)58-7)38(42)59-25(3)51)44(40(53)57-6)23-26-24-50(39(52)45(9-2)35(26)60-45)19-15-28-27-13-10-11-14-31(27)47-34(28)44/h10-14,16,21-22,26,35-38,47,55H,8-9,15,17-20,23-24H2,1-7H3/t26?,35-,36?,37?,38-,42-,43?,44+,45-,46?/m1/s1.